The molecule has 1 unspecified atom stereocenters. The Morgan fingerprint density at radius 1 is 0.891 bits per heavy atom. The van der Waals surface area contributed by atoms with Crippen LogP contribution in [0.2, 0.25) is 0 Å². The Hall–Kier alpha value is -2.07. The van der Waals surface area contributed by atoms with Gasteiger partial charge in [0, 0.05) is 32.9 Å². The maximum Gasteiger partial charge on any atom is 0.309 e. The Kier molecular flexibility index (Phi) is 22.8. The first kappa shape index (κ1) is 42.0. The topological polar surface area (TPSA) is 142 Å². The maximum atomic E-state index is 12.9. The number of hydrogen-bond donors (Lipinski definition) is 4. The quantitative estimate of drug-likeness (QED) is 0.266. The van der Waals surface area contributed by atoms with Gasteiger partial charge < -0.3 is 30.1 Å². The summed E-state index contributed by atoms with van der Waals surface area (Å²) in [5, 5.41) is 34.3. The van der Waals surface area contributed by atoms with Gasteiger partial charge in [0.1, 0.15) is 5.78 Å². The summed E-state index contributed by atoms with van der Waals surface area (Å²) in [4.78, 5) is 38.2. The highest BCUT2D eigenvalue weighted by atomic mass is 16.5. The number of cyclic esters (lactones) is 1. The molecule has 0 aromatic rings. The maximum absolute atomic E-state index is 12.9. The van der Waals surface area contributed by atoms with Crippen LogP contribution in [0.4, 0.5) is 0 Å². The number of hydrogen-bond acceptors (Lipinski definition) is 8. The molecule has 1 rings (SSSR count). The van der Waals surface area contributed by atoms with Gasteiger partial charge in [0.25, 0.3) is 5.91 Å². The van der Waals surface area contributed by atoms with E-state index in [-0.39, 0.29) is 25.3 Å². The van der Waals surface area contributed by atoms with Gasteiger partial charge in [-0.1, -0.05) is 78.0 Å². The number of β-amino-alcohol motifs (C(OH)–C–C–N with tert-alkyl or cyclic N) is 1. The van der Waals surface area contributed by atoms with E-state index in [0.717, 1.165) is 56.9 Å². The molecule has 0 aliphatic carbocycles. The van der Waals surface area contributed by atoms with Crippen LogP contribution in [0.1, 0.15) is 130 Å². The standard InChI is InChI=1S/C37H65NO8/c1-6-14-35-36(43)38-25-32(40)24-34(42)33(41)22-21-30(26-45-5)18-12-16-29(7-2)17-13-20-31(39)19-11-9-8-10-15-27(3)23-28(4)37(44)46-35/h12,16,18,27-29,32-35,40-42H,6-11,13-15,17,19-26H2,1-5H3,(H,38,43)/b16-12+,30-18-/t27-,28+,29-,32+,33-,34+,35?/m1/s1. The van der Waals surface area contributed by atoms with Crippen molar-refractivity contribution in [3.05, 3.63) is 23.8 Å². The van der Waals surface area contributed by atoms with Crippen molar-refractivity contribution in [2.75, 3.05) is 20.3 Å². The predicted molar refractivity (Wildman–Crippen MR) is 182 cm³/mol. The Bertz CT molecular complexity index is 919. The van der Waals surface area contributed by atoms with Crippen LogP contribution in [0.25, 0.3) is 0 Å². The molecule has 1 aliphatic heterocycles. The Balaban J connectivity index is 2.92. The molecule has 0 saturated carbocycles. The van der Waals surface area contributed by atoms with Gasteiger partial charge in [-0.25, -0.2) is 0 Å². The van der Waals surface area contributed by atoms with Gasteiger partial charge in [-0.3, -0.25) is 14.4 Å². The Morgan fingerprint density at radius 2 is 1.61 bits per heavy atom. The van der Waals surface area contributed by atoms with Crippen molar-refractivity contribution >= 4 is 17.7 Å². The third-order valence-electron chi connectivity index (χ3n) is 8.99. The number of carbonyl (C=O) groups excluding carboxylic acids is 3. The zero-order valence-electron chi connectivity index (χ0n) is 29.4. The number of nitrogens with one attached hydrogen (secondary N) is 1. The molecule has 0 aromatic heterocycles. The molecule has 9 nitrogen and oxygen atoms in total. The van der Waals surface area contributed by atoms with Crippen molar-refractivity contribution in [2.45, 2.75) is 155 Å². The second kappa shape index (κ2) is 25.0. The SMILES string of the molecule is CCCC1OC(=O)[C@@H](C)C[C@H](C)CCCCCCC(=O)CCC[C@H](CC)/C=C/C=C(\COC)CC[C@@H](O)[C@@H](O)C[C@H](O)CNC1=O. The molecule has 0 saturated heterocycles. The third kappa shape index (κ3) is 18.9. The van der Waals surface area contributed by atoms with Gasteiger partial charge in [-0.2, -0.15) is 0 Å². The van der Waals surface area contributed by atoms with Crippen molar-refractivity contribution in [3.63, 3.8) is 0 Å². The summed E-state index contributed by atoms with van der Waals surface area (Å²) in [6.45, 7) is 8.29. The molecule has 0 bridgehead atoms. The van der Waals surface area contributed by atoms with E-state index in [1.54, 1.807) is 7.11 Å². The third-order valence-corrected chi connectivity index (χ3v) is 8.99. The van der Waals surface area contributed by atoms with E-state index in [9.17, 15) is 29.7 Å². The van der Waals surface area contributed by atoms with Crippen LogP contribution in [0.15, 0.2) is 23.8 Å². The van der Waals surface area contributed by atoms with Crippen molar-refractivity contribution < 1.29 is 39.2 Å². The first-order chi connectivity index (χ1) is 22.0. The second-order valence-electron chi connectivity index (χ2n) is 13.5. The second-order valence-corrected chi connectivity index (χ2v) is 13.5. The number of Topliss-reactive ketones (excluding diaryl/α,β-unsaturated/α-hetero) is 1. The number of allylic oxidation sites excluding steroid dienone is 3. The number of aliphatic hydroxyl groups excluding tert-OH is 3. The number of ether oxygens (including phenoxy) is 2. The molecule has 1 aliphatic rings. The van der Waals surface area contributed by atoms with Crippen LogP contribution in [-0.2, 0) is 23.9 Å². The number of rotatable bonds is 5. The molecule has 266 valence electrons. The van der Waals surface area contributed by atoms with Gasteiger partial charge in [0.15, 0.2) is 6.10 Å². The van der Waals surface area contributed by atoms with Gasteiger partial charge in [-0.15, -0.1) is 0 Å². The number of esters is 1. The highest BCUT2D eigenvalue weighted by Gasteiger charge is 2.27. The molecule has 1 amide bonds. The lowest BCUT2D eigenvalue weighted by atomic mass is 9.92. The summed E-state index contributed by atoms with van der Waals surface area (Å²) >= 11 is 0. The van der Waals surface area contributed by atoms with Crippen molar-refractivity contribution in [1.29, 1.82) is 0 Å². The number of methoxy groups -OCH3 is 1. The molecule has 0 radical (unpaired) electrons. The summed E-state index contributed by atoms with van der Waals surface area (Å²) in [5.41, 5.74) is 0.975. The van der Waals surface area contributed by atoms with Crippen LogP contribution in [0, 0.1) is 17.8 Å². The summed E-state index contributed by atoms with van der Waals surface area (Å²) < 4.78 is 10.9. The molecular weight excluding hydrogens is 586 g/mol. The van der Waals surface area contributed by atoms with Gasteiger partial charge in [-0.05, 0) is 68.8 Å². The fraction of sp³-hybridized carbons (Fsp3) is 0.811. The van der Waals surface area contributed by atoms with E-state index in [4.69, 9.17) is 9.47 Å². The fourth-order valence-electron chi connectivity index (χ4n) is 5.99. The smallest absolute Gasteiger partial charge is 0.309 e. The molecular formula is C37H65NO8. The lowest BCUT2D eigenvalue weighted by Crippen LogP contribution is -2.43. The molecule has 0 aromatic carbocycles. The number of aliphatic hydroxyl groups is 3. The van der Waals surface area contributed by atoms with Crippen LogP contribution in [-0.4, -0.2) is 77.7 Å². The highest BCUT2D eigenvalue weighted by molar-refractivity contribution is 5.84. The Labute approximate surface area is 278 Å². The number of amides is 1. The predicted octanol–water partition coefficient (Wildman–Crippen LogP) is 5.98. The van der Waals surface area contributed by atoms with Crippen molar-refractivity contribution in [1.82, 2.24) is 5.32 Å². The monoisotopic (exact) mass is 651 g/mol. The number of ketones is 1. The van der Waals surface area contributed by atoms with Crippen molar-refractivity contribution in [2.24, 2.45) is 17.8 Å². The normalized spacial score (nSPS) is 32.4. The van der Waals surface area contributed by atoms with E-state index < -0.39 is 36.3 Å². The van der Waals surface area contributed by atoms with Gasteiger partial charge in [0.2, 0.25) is 0 Å². The minimum absolute atomic E-state index is 0.113. The lowest BCUT2D eigenvalue weighted by molar-refractivity contribution is -0.160. The summed E-state index contributed by atoms with van der Waals surface area (Å²) in [6.07, 6.45) is 13.4. The van der Waals surface area contributed by atoms with Crippen LogP contribution in [0.3, 0.4) is 0 Å². The Morgan fingerprint density at radius 3 is 2.30 bits per heavy atom. The molecule has 9 heteroatoms. The minimum atomic E-state index is -1.18. The largest absolute Gasteiger partial charge is 0.452 e. The summed E-state index contributed by atoms with van der Waals surface area (Å²) in [5.74, 6) is -0.168. The van der Waals surface area contributed by atoms with E-state index >= 15 is 0 Å². The molecule has 4 N–H and O–H groups in total. The van der Waals surface area contributed by atoms with Gasteiger partial charge in [0.05, 0.1) is 30.8 Å². The van der Waals surface area contributed by atoms with E-state index in [1.807, 2.05) is 26.0 Å². The van der Waals surface area contributed by atoms with E-state index in [0.29, 0.717) is 62.8 Å². The molecule has 0 spiro atoms. The average Bonchev–Trinajstić information content (AvgIpc) is 3.02. The van der Waals surface area contributed by atoms with E-state index in [2.05, 4.69) is 25.2 Å². The fourth-order valence-corrected chi connectivity index (χ4v) is 5.99. The van der Waals surface area contributed by atoms with Crippen molar-refractivity contribution in [3.8, 4) is 0 Å². The molecule has 7 atom stereocenters. The van der Waals surface area contributed by atoms with Crippen LogP contribution in [0.5, 0.6) is 0 Å². The first-order valence-corrected chi connectivity index (χ1v) is 17.9. The van der Waals surface area contributed by atoms with Crippen LogP contribution >= 0.6 is 0 Å². The molecule has 46 heavy (non-hydrogen) atoms. The lowest BCUT2D eigenvalue weighted by Gasteiger charge is -2.23. The highest BCUT2D eigenvalue weighted by Crippen LogP contribution is 2.22. The van der Waals surface area contributed by atoms with Gasteiger partial charge >= 0.3 is 5.97 Å². The zero-order valence-corrected chi connectivity index (χ0v) is 29.4. The summed E-state index contributed by atoms with van der Waals surface area (Å²) in [7, 11) is 1.61. The van der Waals surface area contributed by atoms with Crippen LogP contribution < -0.4 is 5.32 Å². The average molecular weight is 652 g/mol. The summed E-state index contributed by atoms with van der Waals surface area (Å²) in [6, 6.07) is 0. The number of carbonyl (C=O) groups is 3. The zero-order chi connectivity index (χ0) is 34.3. The minimum Gasteiger partial charge on any atom is -0.452 e. The molecule has 0 fully saturated rings. The first-order valence-electron chi connectivity index (χ1n) is 17.9. The molecule has 1 heterocycles. The van der Waals surface area contributed by atoms with E-state index in [1.165, 1.54) is 0 Å².